The summed E-state index contributed by atoms with van der Waals surface area (Å²) in [5, 5.41) is 7.00. The SMILES string of the molecule is Cc1noc([C@@H](C)NC(=O)c2sc3cccc(F)c3c2C)n1. The van der Waals surface area contributed by atoms with Crippen LogP contribution in [0.3, 0.4) is 0 Å². The molecule has 22 heavy (non-hydrogen) atoms. The second-order valence-corrected chi connectivity index (χ2v) is 6.10. The predicted octanol–water partition coefficient (Wildman–Crippen LogP) is 3.53. The average molecular weight is 319 g/mol. The lowest BCUT2D eigenvalue weighted by molar-refractivity contribution is 0.0936. The van der Waals surface area contributed by atoms with Gasteiger partial charge < -0.3 is 9.84 Å². The van der Waals surface area contributed by atoms with Crippen molar-refractivity contribution in [2.45, 2.75) is 26.8 Å². The van der Waals surface area contributed by atoms with Crippen molar-refractivity contribution in [3.8, 4) is 0 Å². The van der Waals surface area contributed by atoms with Crippen molar-refractivity contribution in [3.63, 3.8) is 0 Å². The first-order valence-electron chi connectivity index (χ1n) is 6.76. The van der Waals surface area contributed by atoms with Crippen molar-refractivity contribution in [3.05, 3.63) is 46.2 Å². The maximum atomic E-state index is 13.9. The zero-order valence-corrected chi connectivity index (χ0v) is 13.1. The molecule has 0 spiro atoms. The number of fused-ring (bicyclic) bond motifs is 1. The minimum atomic E-state index is -0.414. The van der Waals surface area contributed by atoms with Crippen molar-refractivity contribution in [1.82, 2.24) is 15.5 Å². The first kappa shape index (κ1) is 14.6. The summed E-state index contributed by atoms with van der Waals surface area (Å²) in [6, 6.07) is 4.42. The van der Waals surface area contributed by atoms with Crippen LogP contribution in [-0.2, 0) is 0 Å². The number of benzene rings is 1. The molecule has 7 heteroatoms. The summed E-state index contributed by atoms with van der Waals surface area (Å²) in [7, 11) is 0. The summed E-state index contributed by atoms with van der Waals surface area (Å²) in [5.41, 5.74) is 0.643. The van der Waals surface area contributed by atoms with Crippen LogP contribution < -0.4 is 5.32 Å². The van der Waals surface area contributed by atoms with Gasteiger partial charge in [-0.25, -0.2) is 4.39 Å². The fraction of sp³-hybridized carbons (Fsp3) is 0.267. The Morgan fingerprint density at radius 2 is 2.18 bits per heavy atom. The zero-order chi connectivity index (χ0) is 15.9. The van der Waals surface area contributed by atoms with E-state index in [1.54, 1.807) is 32.9 Å². The molecule has 0 bridgehead atoms. The monoisotopic (exact) mass is 319 g/mol. The quantitative estimate of drug-likeness (QED) is 0.802. The van der Waals surface area contributed by atoms with Crippen LogP contribution in [0, 0.1) is 19.7 Å². The Balaban J connectivity index is 1.89. The standard InChI is InChI=1S/C15H14FN3O2S/c1-7-12-10(16)5-4-6-11(12)22-13(7)14(20)17-8(2)15-18-9(3)19-21-15/h4-6,8H,1-3H3,(H,17,20)/t8-/m1/s1. The van der Waals surface area contributed by atoms with Gasteiger partial charge in [-0.1, -0.05) is 11.2 Å². The molecule has 2 heterocycles. The Morgan fingerprint density at radius 3 is 2.82 bits per heavy atom. The highest BCUT2D eigenvalue weighted by molar-refractivity contribution is 7.21. The predicted molar refractivity (Wildman–Crippen MR) is 81.4 cm³/mol. The fourth-order valence-corrected chi connectivity index (χ4v) is 3.41. The summed E-state index contributed by atoms with van der Waals surface area (Å²) in [4.78, 5) is 17.0. The molecule has 1 aromatic carbocycles. The molecule has 1 amide bonds. The molecule has 3 aromatic rings. The normalized spacial score (nSPS) is 12.5. The van der Waals surface area contributed by atoms with Gasteiger partial charge >= 0.3 is 0 Å². The van der Waals surface area contributed by atoms with Crippen molar-refractivity contribution in [2.75, 3.05) is 0 Å². The lowest BCUT2D eigenvalue weighted by Crippen LogP contribution is -2.26. The summed E-state index contributed by atoms with van der Waals surface area (Å²) in [6.45, 7) is 5.22. The van der Waals surface area contributed by atoms with Gasteiger partial charge in [0, 0.05) is 10.1 Å². The molecule has 1 atom stereocenters. The first-order valence-corrected chi connectivity index (χ1v) is 7.57. The third kappa shape index (κ3) is 2.48. The van der Waals surface area contributed by atoms with Gasteiger partial charge in [0.2, 0.25) is 5.89 Å². The minimum Gasteiger partial charge on any atom is -0.340 e. The molecule has 0 unspecified atom stereocenters. The Labute approximate surface area is 130 Å². The van der Waals surface area contributed by atoms with Crippen molar-refractivity contribution >= 4 is 27.3 Å². The highest BCUT2D eigenvalue weighted by Gasteiger charge is 2.21. The van der Waals surface area contributed by atoms with Crippen LogP contribution in [-0.4, -0.2) is 16.0 Å². The van der Waals surface area contributed by atoms with E-state index in [0.29, 0.717) is 27.5 Å². The van der Waals surface area contributed by atoms with E-state index in [4.69, 9.17) is 4.52 Å². The number of rotatable bonds is 3. The van der Waals surface area contributed by atoms with E-state index in [1.807, 2.05) is 0 Å². The smallest absolute Gasteiger partial charge is 0.262 e. The zero-order valence-electron chi connectivity index (χ0n) is 12.3. The van der Waals surface area contributed by atoms with E-state index >= 15 is 0 Å². The van der Waals surface area contributed by atoms with Gasteiger partial charge in [-0.2, -0.15) is 4.98 Å². The number of carbonyl (C=O) groups excluding carboxylic acids is 1. The van der Waals surface area contributed by atoms with Gasteiger partial charge in [0.25, 0.3) is 5.91 Å². The van der Waals surface area contributed by atoms with E-state index in [0.717, 1.165) is 4.70 Å². The van der Waals surface area contributed by atoms with Gasteiger partial charge in [-0.15, -0.1) is 11.3 Å². The van der Waals surface area contributed by atoms with Crippen LogP contribution in [0.5, 0.6) is 0 Å². The topological polar surface area (TPSA) is 68.0 Å². The number of nitrogens with one attached hydrogen (secondary N) is 1. The fourth-order valence-electron chi connectivity index (χ4n) is 2.28. The molecule has 0 aliphatic rings. The van der Waals surface area contributed by atoms with Gasteiger partial charge in [0.1, 0.15) is 11.9 Å². The van der Waals surface area contributed by atoms with Gasteiger partial charge in [0.05, 0.1) is 4.88 Å². The number of nitrogens with zero attached hydrogens (tertiary/aromatic N) is 2. The summed E-state index contributed by atoms with van der Waals surface area (Å²) >= 11 is 1.27. The number of carbonyl (C=O) groups is 1. The lowest BCUT2D eigenvalue weighted by atomic mass is 10.1. The molecule has 0 radical (unpaired) electrons. The van der Waals surface area contributed by atoms with Gasteiger partial charge in [-0.05, 0) is 38.5 Å². The molecule has 1 N–H and O–H groups in total. The molecule has 2 aromatic heterocycles. The Hall–Kier alpha value is -2.28. The van der Waals surface area contributed by atoms with E-state index in [-0.39, 0.29) is 11.7 Å². The maximum Gasteiger partial charge on any atom is 0.262 e. The maximum absolute atomic E-state index is 13.9. The number of thiophene rings is 1. The van der Waals surface area contributed by atoms with E-state index in [2.05, 4.69) is 15.5 Å². The Kier molecular flexibility index (Phi) is 3.66. The second kappa shape index (κ2) is 5.49. The summed E-state index contributed by atoms with van der Waals surface area (Å²) < 4.78 is 19.7. The third-order valence-electron chi connectivity index (χ3n) is 3.37. The van der Waals surface area contributed by atoms with Crippen LogP contribution >= 0.6 is 11.3 Å². The van der Waals surface area contributed by atoms with Gasteiger partial charge in [0.15, 0.2) is 5.82 Å². The van der Waals surface area contributed by atoms with E-state index in [1.165, 1.54) is 17.4 Å². The first-order chi connectivity index (χ1) is 10.5. The molecular weight excluding hydrogens is 305 g/mol. The molecule has 0 saturated heterocycles. The third-order valence-corrected chi connectivity index (χ3v) is 4.63. The number of halogens is 1. The van der Waals surface area contributed by atoms with Crippen molar-refractivity contribution in [2.24, 2.45) is 0 Å². The highest BCUT2D eigenvalue weighted by atomic mass is 32.1. The summed E-state index contributed by atoms with van der Waals surface area (Å²) in [5.74, 6) is 0.263. The van der Waals surface area contributed by atoms with Crippen LogP contribution in [0.15, 0.2) is 22.7 Å². The molecule has 0 aliphatic carbocycles. The highest BCUT2D eigenvalue weighted by Crippen LogP contribution is 2.32. The van der Waals surface area contributed by atoms with Crippen LogP contribution in [0.2, 0.25) is 0 Å². The molecule has 114 valence electrons. The lowest BCUT2D eigenvalue weighted by Gasteiger charge is -2.09. The number of amides is 1. The Bertz CT molecular complexity index is 856. The molecule has 0 aliphatic heterocycles. The number of aryl methyl sites for hydroxylation is 2. The van der Waals surface area contributed by atoms with Crippen LogP contribution in [0.1, 0.15) is 39.9 Å². The van der Waals surface area contributed by atoms with E-state index < -0.39 is 6.04 Å². The van der Waals surface area contributed by atoms with Crippen molar-refractivity contribution < 1.29 is 13.7 Å². The second-order valence-electron chi connectivity index (χ2n) is 5.04. The van der Waals surface area contributed by atoms with Crippen molar-refractivity contribution in [1.29, 1.82) is 0 Å². The van der Waals surface area contributed by atoms with E-state index in [9.17, 15) is 9.18 Å². The number of hydrogen-bond acceptors (Lipinski definition) is 5. The molecule has 5 nitrogen and oxygen atoms in total. The molecule has 0 saturated carbocycles. The molecular formula is C15H14FN3O2S. The Morgan fingerprint density at radius 1 is 1.41 bits per heavy atom. The van der Waals surface area contributed by atoms with Gasteiger partial charge in [-0.3, -0.25) is 4.79 Å². The minimum absolute atomic E-state index is 0.276. The average Bonchev–Trinajstić information content (AvgIpc) is 3.04. The summed E-state index contributed by atoms with van der Waals surface area (Å²) in [6.07, 6.45) is 0. The molecule has 0 fully saturated rings. The molecule has 3 rings (SSSR count). The van der Waals surface area contributed by atoms with Crippen LogP contribution in [0.25, 0.3) is 10.1 Å². The number of aromatic nitrogens is 2. The van der Waals surface area contributed by atoms with Crippen LogP contribution in [0.4, 0.5) is 4.39 Å². The largest absolute Gasteiger partial charge is 0.340 e. The number of hydrogen-bond donors (Lipinski definition) is 1.